The number of para-hydroxylation sites is 2. The molecule has 3 aromatic rings. The van der Waals surface area contributed by atoms with Crippen molar-refractivity contribution in [2.75, 3.05) is 19.6 Å². The zero-order valence-corrected chi connectivity index (χ0v) is 16.9. The van der Waals surface area contributed by atoms with E-state index in [0.29, 0.717) is 24.5 Å². The maximum Gasteiger partial charge on any atom is 0.264 e. The number of nitrogens with zero attached hydrogens (tertiary/aromatic N) is 3. The van der Waals surface area contributed by atoms with Crippen LogP contribution in [0.5, 0.6) is 0 Å². The molecule has 2 amide bonds. The molecule has 5 rings (SSSR count). The SMILES string of the molecule is O=C([C@@H]1CCCN1C(=O)c1cccs1)N1CCC(c2nc3ccccc3o2)CC1. The van der Waals surface area contributed by atoms with Gasteiger partial charge in [0, 0.05) is 25.6 Å². The lowest BCUT2D eigenvalue weighted by atomic mass is 9.96. The second-order valence-corrected chi connectivity index (χ2v) is 8.70. The van der Waals surface area contributed by atoms with Crippen molar-refractivity contribution in [2.24, 2.45) is 0 Å². The number of hydrogen-bond donors (Lipinski definition) is 0. The van der Waals surface area contributed by atoms with E-state index >= 15 is 0 Å². The number of aromatic nitrogens is 1. The number of benzene rings is 1. The number of rotatable bonds is 3. The Bertz CT molecular complexity index is 988. The van der Waals surface area contributed by atoms with Crippen LogP contribution in [-0.4, -0.2) is 52.3 Å². The molecule has 2 fully saturated rings. The van der Waals surface area contributed by atoms with Crippen LogP contribution >= 0.6 is 11.3 Å². The van der Waals surface area contributed by atoms with Crippen molar-refractivity contribution >= 4 is 34.3 Å². The van der Waals surface area contributed by atoms with E-state index in [-0.39, 0.29) is 23.8 Å². The Morgan fingerprint density at radius 1 is 1.03 bits per heavy atom. The van der Waals surface area contributed by atoms with E-state index < -0.39 is 0 Å². The molecule has 7 heteroatoms. The van der Waals surface area contributed by atoms with Crippen molar-refractivity contribution in [3.05, 3.63) is 52.5 Å². The van der Waals surface area contributed by atoms with Crippen molar-refractivity contribution in [1.29, 1.82) is 0 Å². The summed E-state index contributed by atoms with van der Waals surface area (Å²) in [5.41, 5.74) is 1.70. The summed E-state index contributed by atoms with van der Waals surface area (Å²) in [5.74, 6) is 1.08. The van der Waals surface area contributed by atoms with Crippen LogP contribution in [0.25, 0.3) is 11.1 Å². The molecule has 0 spiro atoms. The van der Waals surface area contributed by atoms with Gasteiger partial charge in [0.05, 0.1) is 4.88 Å². The predicted molar refractivity (Wildman–Crippen MR) is 111 cm³/mol. The average Bonchev–Trinajstić information content (AvgIpc) is 3.53. The highest BCUT2D eigenvalue weighted by atomic mass is 32.1. The highest BCUT2D eigenvalue weighted by molar-refractivity contribution is 7.12. The molecule has 6 nitrogen and oxygen atoms in total. The van der Waals surface area contributed by atoms with E-state index in [9.17, 15) is 9.59 Å². The number of carbonyl (C=O) groups excluding carboxylic acids is 2. The van der Waals surface area contributed by atoms with Crippen molar-refractivity contribution in [3.8, 4) is 0 Å². The minimum Gasteiger partial charge on any atom is -0.440 e. The van der Waals surface area contributed by atoms with Gasteiger partial charge < -0.3 is 14.2 Å². The maximum atomic E-state index is 13.2. The van der Waals surface area contributed by atoms with Crippen molar-refractivity contribution in [1.82, 2.24) is 14.8 Å². The van der Waals surface area contributed by atoms with E-state index in [4.69, 9.17) is 4.42 Å². The first-order valence-corrected chi connectivity index (χ1v) is 11.1. The predicted octanol–water partition coefficient (Wildman–Crippen LogP) is 3.90. The normalized spacial score (nSPS) is 20.5. The fourth-order valence-electron chi connectivity index (χ4n) is 4.43. The Kier molecular flexibility index (Phi) is 4.83. The van der Waals surface area contributed by atoms with Gasteiger partial charge in [-0.05, 0) is 49.3 Å². The van der Waals surface area contributed by atoms with Crippen molar-refractivity contribution in [2.45, 2.75) is 37.6 Å². The van der Waals surface area contributed by atoms with Crippen LogP contribution in [0.4, 0.5) is 0 Å². The number of carbonyl (C=O) groups is 2. The third-order valence-electron chi connectivity index (χ3n) is 6.00. The number of fused-ring (bicyclic) bond motifs is 1. The van der Waals surface area contributed by atoms with Crippen LogP contribution in [0.2, 0.25) is 0 Å². The summed E-state index contributed by atoms with van der Waals surface area (Å²) in [6, 6.07) is 11.2. The number of amides is 2. The van der Waals surface area contributed by atoms with Gasteiger partial charge in [0.15, 0.2) is 11.5 Å². The van der Waals surface area contributed by atoms with Crippen LogP contribution in [0.3, 0.4) is 0 Å². The Labute approximate surface area is 173 Å². The summed E-state index contributed by atoms with van der Waals surface area (Å²) >= 11 is 1.43. The first-order chi connectivity index (χ1) is 14.2. The maximum absolute atomic E-state index is 13.2. The first-order valence-electron chi connectivity index (χ1n) is 10.2. The molecule has 0 radical (unpaired) electrons. The standard InChI is InChI=1S/C22H23N3O3S/c26-21(17-6-3-11-25(17)22(27)19-8-4-14-29-19)24-12-9-15(10-13-24)20-23-16-5-1-2-7-18(16)28-20/h1-2,4-5,7-8,14-15,17H,3,6,9-13H2/t17-/m0/s1. The molecular weight excluding hydrogens is 386 g/mol. The molecule has 4 heterocycles. The van der Waals surface area contributed by atoms with E-state index in [1.165, 1.54) is 11.3 Å². The summed E-state index contributed by atoms with van der Waals surface area (Å²) in [6.07, 6.45) is 3.31. The lowest BCUT2D eigenvalue weighted by molar-refractivity contribution is -0.136. The molecule has 2 aliphatic rings. The third-order valence-corrected chi connectivity index (χ3v) is 6.85. The summed E-state index contributed by atoms with van der Waals surface area (Å²) in [7, 11) is 0. The van der Waals surface area contributed by atoms with Crippen molar-refractivity contribution in [3.63, 3.8) is 0 Å². The zero-order chi connectivity index (χ0) is 19.8. The molecule has 1 atom stereocenters. The van der Waals surface area contributed by atoms with Gasteiger partial charge >= 0.3 is 0 Å². The molecule has 150 valence electrons. The van der Waals surface area contributed by atoms with Crippen molar-refractivity contribution < 1.29 is 14.0 Å². The van der Waals surface area contributed by atoms with Crippen LogP contribution < -0.4 is 0 Å². The number of oxazole rings is 1. The fraction of sp³-hybridized carbons (Fsp3) is 0.409. The molecule has 1 aromatic carbocycles. The summed E-state index contributed by atoms with van der Waals surface area (Å²) in [4.78, 5) is 35.0. The highest BCUT2D eigenvalue weighted by Gasteiger charge is 2.38. The van der Waals surface area contributed by atoms with Gasteiger partial charge in [-0.2, -0.15) is 0 Å². The third kappa shape index (κ3) is 3.44. The molecule has 0 bridgehead atoms. The second-order valence-electron chi connectivity index (χ2n) is 7.75. The minimum atomic E-state index is -0.328. The van der Waals surface area contributed by atoms with Gasteiger partial charge in [-0.1, -0.05) is 18.2 Å². The molecule has 0 aliphatic carbocycles. The number of thiophene rings is 1. The summed E-state index contributed by atoms with van der Waals surface area (Å²) in [5, 5.41) is 1.90. The van der Waals surface area contributed by atoms with Gasteiger partial charge in [0.2, 0.25) is 5.91 Å². The van der Waals surface area contributed by atoms with Crippen LogP contribution in [0.1, 0.15) is 47.2 Å². The van der Waals surface area contributed by atoms with Crippen LogP contribution in [-0.2, 0) is 4.79 Å². The topological polar surface area (TPSA) is 66.7 Å². The molecule has 2 saturated heterocycles. The smallest absolute Gasteiger partial charge is 0.264 e. The lowest BCUT2D eigenvalue weighted by Gasteiger charge is -2.34. The van der Waals surface area contributed by atoms with E-state index in [0.717, 1.165) is 42.7 Å². The van der Waals surface area contributed by atoms with Gasteiger partial charge in [-0.3, -0.25) is 9.59 Å². The largest absolute Gasteiger partial charge is 0.440 e. The zero-order valence-electron chi connectivity index (χ0n) is 16.1. The van der Waals surface area contributed by atoms with Gasteiger partial charge in [-0.15, -0.1) is 11.3 Å². The van der Waals surface area contributed by atoms with E-state index in [1.807, 2.05) is 46.7 Å². The summed E-state index contributed by atoms with van der Waals surface area (Å²) < 4.78 is 5.93. The van der Waals surface area contributed by atoms with E-state index in [1.54, 1.807) is 4.90 Å². The first kappa shape index (κ1) is 18.4. The average molecular weight is 410 g/mol. The quantitative estimate of drug-likeness (QED) is 0.658. The second kappa shape index (κ2) is 7.63. The monoisotopic (exact) mass is 409 g/mol. The van der Waals surface area contributed by atoms with E-state index in [2.05, 4.69) is 4.98 Å². The van der Waals surface area contributed by atoms with Crippen LogP contribution in [0, 0.1) is 0 Å². The Hall–Kier alpha value is -2.67. The molecular formula is C22H23N3O3S. The number of likely N-dealkylation sites (tertiary alicyclic amines) is 2. The fourth-order valence-corrected chi connectivity index (χ4v) is 5.11. The number of piperidine rings is 1. The highest BCUT2D eigenvalue weighted by Crippen LogP contribution is 2.31. The molecule has 29 heavy (non-hydrogen) atoms. The van der Waals surface area contributed by atoms with Gasteiger partial charge in [0.25, 0.3) is 5.91 Å². The molecule has 0 N–H and O–H groups in total. The molecule has 2 aliphatic heterocycles. The molecule has 2 aromatic heterocycles. The van der Waals surface area contributed by atoms with Gasteiger partial charge in [0.1, 0.15) is 11.6 Å². The summed E-state index contributed by atoms with van der Waals surface area (Å²) in [6.45, 7) is 2.02. The Morgan fingerprint density at radius 3 is 2.62 bits per heavy atom. The lowest BCUT2D eigenvalue weighted by Crippen LogP contribution is -2.49. The Morgan fingerprint density at radius 2 is 1.86 bits per heavy atom. The van der Waals surface area contributed by atoms with Crippen LogP contribution in [0.15, 0.2) is 46.2 Å². The molecule has 0 saturated carbocycles. The van der Waals surface area contributed by atoms with Gasteiger partial charge in [-0.25, -0.2) is 4.98 Å². The Balaban J connectivity index is 1.24. The number of hydrogen-bond acceptors (Lipinski definition) is 5. The molecule has 0 unspecified atom stereocenters. The minimum absolute atomic E-state index is 0.0165.